The van der Waals surface area contributed by atoms with Crippen molar-refractivity contribution >= 4 is 29.2 Å². The summed E-state index contributed by atoms with van der Waals surface area (Å²) in [4.78, 5) is 30.1. The van der Waals surface area contributed by atoms with E-state index in [1.54, 1.807) is 12.1 Å². The van der Waals surface area contributed by atoms with Gasteiger partial charge in [-0.05, 0) is 147 Å². The number of carbonyl (C=O) groups is 2. The van der Waals surface area contributed by atoms with Crippen molar-refractivity contribution in [2.45, 2.75) is 108 Å². The number of pyridine rings is 1. The zero-order valence-corrected chi connectivity index (χ0v) is 33.6. The van der Waals surface area contributed by atoms with Crippen LogP contribution in [0.1, 0.15) is 106 Å². The fourth-order valence-electron chi connectivity index (χ4n) is 9.65. The molecule has 1 saturated carbocycles. The van der Waals surface area contributed by atoms with Crippen LogP contribution in [0.15, 0.2) is 85.1 Å². The predicted octanol–water partition coefficient (Wildman–Crippen LogP) is 9.72. The molecule has 9 heteroatoms. The van der Waals surface area contributed by atoms with Gasteiger partial charge in [0.15, 0.2) is 0 Å². The van der Waals surface area contributed by atoms with E-state index in [1.807, 2.05) is 54.7 Å². The van der Waals surface area contributed by atoms with E-state index in [9.17, 15) is 14.7 Å². The van der Waals surface area contributed by atoms with E-state index < -0.39 is 11.5 Å². The highest BCUT2D eigenvalue weighted by Gasteiger charge is 2.54. The molecule has 3 atom stereocenters. The van der Waals surface area contributed by atoms with E-state index in [2.05, 4.69) is 47.7 Å². The van der Waals surface area contributed by atoms with E-state index in [4.69, 9.17) is 21.1 Å². The van der Waals surface area contributed by atoms with Crippen LogP contribution in [0, 0.1) is 11.8 Å². The highest BCUT2D eigenvalue weighted by atomic mass is 35.5. The number of nitrogens with one attached hydrogen (secondary N) is 2. The fourth-order valence-corrected chi connectivity index (χ4v) is 9.84. The van der Waals surface area contributed by atoms with Crippen molar-refractivity contribution in [1.29, 1.82) is 0 Å². The number of halogens is 1. The summed E-state index contributed by atoms with van der Waals surface area (Å²) in [7, 11) is 0. The van der Waals surface area contributed by atoms with Gasteiger partial charge in [-0.25, -0.2) is 4.79 Å². The minimum Gasteiger partial charge on any atom is -0.494 e. The molecule has 0 saturated heterocycles. The molecule has 1 heterocycles. The molecule has 56 heavy (non-hydrogen) atoms. The number of carboxylic acids is 1. The van der Waals surface area contributed by atoms with Crippen molar-refractivity contribution in [2.24, 2.45) is 11.8 Å². The third-order valence-electron chi connectivity index (χ3n) is 12.7. The van der Waals surface area contributed by atoms with E-state index in [1.165, 1.54) is 28.8 Å². The maximum absolute atomic E-state index is 13.0. The van der Waals surface area contributed by atoms with Crippen LogP contribution in [0.4, 0.5) is 5.69 Å². The van der Waals surface area contributed by atoms with E-state index in [0.29, 0.717) is 68.2 Å². The first-order valence-electron chi connectivity index (χ1n) is 20.6. The number of nitrogens with zero attached hydrogens (tertiary/aromatic N) is 1. The number of benzene rings is 3. The molecule has 3 aromatic carbocycles. The van der Waals surface area contributed by atoms with E-state index >= 15 is 0 Å². The Kier molecular flexibility index (Phi) is 12.5. The van der Waals surface area contributed by atoms with Crippen LogP contribution in [-0.2, 0) is 34.3 Å². The summed E-state index contributed by atoms with van der Waals surface area (Å²) in [5, 5.41) is 17.7. The number of carbonyl (C=O) groups excluding carboxylic acids is 1. The Bertz CT molecular complexity index is 1980. The van der Waals surface area contributed by atoms with Gasteiger partial charge in [-0.3, -0.25) is 9.78 Å². The average Bonchev–Trinajstić information content (AvgIpc) is 3.48. The van der Waals surface area contributed by atoms with Crippen molar-refractivity contribution < 1.29 is 24.2 Å². The molecule has 3 N–H and O–H groups in total. The zero-order valence-electron chi connectivity index (χ0n) is 32.8. The summed E-state index contributed by atoms with van der Waals surface area (Å²) >= 11 is 6.30. The van der Waals surface area contributed by atoms with Crippen molar-refractivity contribution in [1.82, 2.24) is 10.3 Å². The molecule has 1 amide bonds. The van der Waals surface area contributed by atoms with Gasteiger partial charge in [-0.15, -0.1) is 0 Å². The predicted molar refractivity (Wildman–Crippen MR) is 222 cm³/mol. The van der Waals surface area contributed by atoms with Crippen LogP contribution in [0.2, 0.25) is 5.02 Å². The zero-order chi connectivity index (χ0) is 39.1. The Morgan fingerprint density at radius 1 is 1.00 bits per heavy atom. The first-order valence-corrected chi connectivity index (χ1v) is 21.0. The third kappa shape index (κ3) is 9.01. The molecule has 296 valence electrons. The normalized spacial score (nSPS) is 23.1. The molecule has 0 bridgehead atoms. The van der Waals surface area contributed by atoms with Gasteiger partial charge in [0.25, 0.3) is 0 Å². The number of ether oxygens (including phenoxy) is 2. The molecule has 1 unspecified atom stereocenters. The molecule has 0 aliphatic heterocycles. The molecule has 3 aliphatic carbocycles. The molecule has 8 nitrogen and oxygen atoms in total. The summed E-state index contributed by atoms with van der Waals surface area (Å²) in [5.74, 6) is 2.09. The number of rotatable bonds is 16. The van der Waals surface area contributed by atoms with Crippen LogP contribution < -0.4 is 20.1 Å². The molecule has 1 fully saturated rings. The van der Waals surface area contributed by atoms with Gasteiger partial charge < -0.3 is 25.2 Å². The lowest BCUT2D eigenvalue weighted by atomic mass is 9.59. The maximum atomic E-state index is 13.0. The lowest BCUT2D eigenvalue weighted by molar-refractivity contribution is -0.144. The molecule has 1 aromatic heterocycles. The quantitative estimate of drug-likeness (QED) is 0.0973. The number of hydrogen-bond donors (Lipinski definition) is 3. The Balaban J connectivity index is 1.03. The van der Waals surface area contributed by atoms with Crippen LogP contribution in [0.25, 0.3) is 0 Å². The van der Waals surface area contributed by atoms with Crippen LogP contribution in [0.3, 0.4) is 0 Å². The Labute approximate surface area is 336 Å². The maximum Gasteiger partial charge on any atom is 0.329 e. The fraction of sp³-hybridized carbons (Fsp3) is 0.468. The summed E-state index contributed by atoms with van der Waals surface area (Å²) in [6, 6.07) is 25.9. The second-order valence-corrected chi connectivity index (χ2v) is 17.0. The van der Waals surface area contributed by atoms with E-state index in [0.717, 1.165) is 67.7 Å². The molecule has 0 radical (unpaired) electrons. The minimum atomic E-state index is -1.09. The summed E-state index contributed by atoms with van der Waals surface area (Å²) in [5.41, 5.74) is 5.68. The monoisotopic (exact) mass is 777 g/mol. The number of aryl methyl sites for hydroxylation is 2. The SMILES string of the molecule is C[C@@H](COc1ccnc2c1[C@H](C)CCC2)CC1Cc2ccc(OCCCNC(=O)CCc3ccccc3)cc2C12CCC(Nc1cccc(Cl)c1)(C(=O)O)CC2. The van der Waals surface area contributed by atoms with Gasteiger partial charge in [-0.2, -0.15) is 0 Å². The van der Waals surface area contributed by atoms with Gasteiger partial charge in [0.1, 0.15) is 17.0 Å². The highest BCUT2D eigenvalue weighted by Crippen LogP contribution is 2.57. The first-order chi connectivity index (χ1) is 27.1. The van der Waals surface area contributed by atoms with Crippen molar-refractivity contribution in [3.05, 3.63) is 118 Å². The smallest absolute Gasteiger partial charge is 0.329 e. The molecule has 7 rings (SSSR count). The largest absolute Gasteiger partial charge is 0.494 e. The number of carboxylic acid groups (broad SMARTS) is 1. The van der Waals surface area contributed by atoms with Gasteiger partial charge in [0.2, 0.25) is 5.91 Å². The van der Waals surface area contributed by atoms with Gasteiger partial charge >= 0.3 is 5.97 Å². The summed E-state index contributed by atoms with van der Waals surface area (Å²) in [6.07, 6.45) is 11.5. The molecular formula is C47H56ClN3O5. The van der Waals surface area contributed by atoms with Crippen molar-refractivity contribution in [3.63, 3.8) is 0 Å². The third-order valence-corrected chi connectivity index (χ3v) is 12.9. The number of anilines is 1. The first kappa shape index (κ1) is 39.7. The topological polar surface area (TPSA) is 110 Å². The molecule has 4 aromatic rings. The van der Waals surface area contributed by atoms with E-state index in [-0.39, 0.29) is 11.3 Å². The number of amides is 1. The highest BCUT2D eigenvalue weighted by molar-refractivity contribution is 6.30. The molecular weight excluding hydrogens is 722 g/mol. The molecule has 3 aliphatic rings. The standard InChI is InChI=1S/C47H56ClN3O5/c1-32(31-56-42-19-25-49-41-14-6-9-33(2)44(41)42)27-36-28-35-16-17-39(55-26-8-24-50-43(52)18-15-34-10-4-3-5-11-34)30-40(35)46(36)20-22-47(23-21-46,45(53)54)51-38-13-7-12-37(48)29-38/h3-5,7,10-13,16-17,19,25,29-30,32-33,36,51H,6,8-9,14-15,18,20-24,26-28,31H2,1-2H3,(H,50,52)(H,53,54)/t32-,33-,36?,46?,47?/m1/s1. The van der Waals surface area contributed by atoms with Gasteiger partial charge in [0, 0.05) is 41.1 Å². The summed E-state index contributed by atoms with van der Waals surface area (Å²) in [6.45, 7) is 6.24. The minimum absolute atomic E-state index is 0.0493. The Morgan fingerprint density at radius 2 is 1.82 bits per heavy atom. The molecule has 1 spiro atoms. The van der Waals surface area contributed by atoms with Crippen LogP contribution in [0.5, 0.6) is 11.5 Å². The second kappa shape index (κ2) is 17.7. The number of hydrogen-bond acceptors (Lipinski definition) is 6. The van der Waals surface area contributed by atoms with Crippen molar-refractivity contribution in [2.75, 3.05) is 25.1 Å². The lowest BCUT2D eigenvalue weighted by Gasteiger charge is -2.47. The van der Waals surface area contributed by atoms with Crippen LogP contribution >= 0.6 is 11.6 Å². The number of aromatic nitrogens is 1. The average molecular weight is 778 g/mol. The van der Waals surface area contributed by atoms with Crippen LogP contribution in [-0.4, -0.2) is 47.3 Å². The lowest BCUT2D eigenvalue weighted by Crippen LogP contribution is -2.53. The van der Waals surface area contributed by atoms with Gasteiger partial charge in [-0.1, -0.05) is 67.9 Å². The Morgan fingerprint density at radius 3 is 2.61 bits per heavy atom. The second-order valence-electron chi connectivity index (χ2n) is 16.6. The van der Waals surface area contributed by atoms with Gasteiger partial charge in [0.05, 0.1) is 13.2 Å². The number of fused-ring (bicyclic) bond motifs is 3. The summed E-state index contributed by atoms with van der Waals surface area (Å²) < 4.78 is 12.9. The number of aliphatic carboxylic acids is 1. The Hall–Kier alpha value is -4.56. The van der Waals surface area contributed by atoms with Crippen molar-refractivity contribution in [3.8, 4) is 11.5 Å².